The lowest BCUT2D eigenvalue weighted by Crippen LogP contribution is -2.28. The number of amides is 2. The van der Waals surface area contributed by atoms with Crippen molar-refractivity contribution in [3.05, 3.63) is 81.3 Å². The molecule has 6 heteroatoms. The first kappa shape index (κ1) is 16.5. The molecule has 0 aliphatic rings. The second-order valence-corrected chi connectivity index (χ2v) is 6.83. The van der Waals surface area contributed by atoms with Crippen LogP contribution in [0.2, 0.25) is 5.02 Å². The van der Waals surface area contributed by atoms with Crippen LogP contribution in [0.1, 0.15) is 15.4 Å². The second-order valence-electron chi connectivity index (χ2n) is 5.20. The number of hydrogen-bond donors (Lipinski definition) is 2. The molecule has 0 aliphatic heterocycles. The third-order valence-corrected chi connectivity index (χ3v) is 4.57. The fraction of sp³-hybridized carbons (Fsp3) is 0.111. The molecule has 0 fully saturated rings. The van der Waals surface area contributed by atoms with Crippen molar-refractivity contribution in [2.45, 2.75) is 13.0 Å². The number of nitrogens with zero attached hydrogens (tertiary/aromatic N) is 1. The summed E-state index contributed by atoms with van der Waals surface area (Å²) in [5, 5.41) is 7.07. The lowest BCUT2D eigenvalue weighted by Gasteiger charge is -2.06. The Morgan fingerprint density at radius 2 is 1.83 bits per heavy atom. The number of rotatable bonds is 5. The molecule has 1 heterocycles. The van der Waals surface area contributed by atoms with E-state index in [1.807, 2.05) is 24.4 Å². The predicted octanol–water partition coefficient (Wildman–Crippen LogP) is 4.71. The zero-order valence-corrected chi connectivity index (χ0v) is 14.4. The van der Waals surface area contributed by atoms with Gasteiger partial charge in [-0.25, -0.2) is 9.78 Å². The Hall–Kier alpha value is -2.37. The summed E-state index contributed by atoms with van der Waals surface area (Å²) in [5.74, 6) is 0. The van der Waals surface area contributed by atoms with Crippen molar-refractivity contribution in [3.63, 3.8) is 0 Å². The number of carbonyl (C=O) groups excluding carboxylic acids is 1. The minimum absolute atomic E-state index is 0.267. The molecule has 0 saturated heterocycles. The molecule has 3 aromatic rings. The number of aromatic nitrogens is 1. The zero-order valence-electron chi connectivity index (χ0n) is 12.8. The monoisotopic (exact) mass is 357 g/mol. The van der Waals surface area contributed by atoms with Gasteiger partial charge in [0.25, 0.3) is 0 Å². The third kappa shape index (κ3) is 4.81. The molecule has 4 nitrogen and oxygen atoms in total. The maximum absolute atomic E-state index is 11.9. The molecule has 24 heavy (non-hydrogen) atoms. The van der Waals surface area contributed by atoms with Gasteiger partial charge in [0.2, 0.25) is 0 Å². The first-order chi connectivity index (χ1) is 11.7. The van der Waals surface area contributed by atoms with Crippen molar-refractivity contribution < 1.29 is 4.79 Å². The maximum Gasteiger partial charge on any atom is 0.319 e. The third-order valence-electron chi connectivity index (χ3n) is 3.32. The molecule has 0 radical (unpaired) electrons. The topological polar surface area (TPSA) is 54.0 Å². The number of nitrogens with one attached hydrogen (secondary N) is 2. The summed E-state index contributed by atoms with van der Waals surface area (Å²) in [5.41, 5.74) is 1.95. The van der Waals surface area contributed by atoms with E-state index < -0.39 is 0 Å². The lowest BCUT2D eigenvalue weighted by atomic mass is 10.1. The van der Waals surface area contributed by atoms with Gasteiger partial charge < -0.3 is 10.6 Å². The molecule has 2 aromatic carbocycles. The van der Waals surface area contributed by atoms with Crippen molar-refractivity contribution in [2.24, 2.45) is 0 Å². The van der Waals surface area contributed by atoms with E-state index in [1.54, 1.807) is 35.6 Å². The van der Waals surface area contributed by atoms with Crippen molar-refractivity contribution in [2.75, 3.05) is 5.32 Å². The molecule has 3 rings (SSSR count). The van der Waals surface area contributed by atoms with Crippen LogP contribution in [0.3, 0.4) is 0 Å². The van der Waals surface area contributed by atoms with Crippen molar-refractivity contribution in [1.29, 1.82) is 0 Å². The number of hydrogen-bond acceptors (Lipinski definition) is 3. The molecule has 0 atom stereocenters. The Kier molecular flexibility index (Phi) is 5.46. The van der Waals surface area contributed by atoms with E-state index in [0.29, 0.717) is 17.3 Å². The van der Waals surface area contributed by atoms with Gasteiger partial charge in [-0.05, 0) is 29.8 Å². The van der Waals surface area contributed by atoms with Crippen LogP contribution in [-0.4, -0.2) is 11.0 Å². The summed E-state index contributed by atoms with van der Waals surface area (Å²) in [4.78, 5) is 17.4. The van der Waals surface area contributed by atoms with Gasteiger partial charge in [0.05, 0.1) is 6.54 Å². The summed E-state index contributed by atoms with van der Waals surface area (Å²) in [6, 6.07) is 16.9. The van der Waals surface area contributed by atoms with Crippen LogP contribution < -0.4 is 10.6 Å². The zero-order chi connectivity index (χ0) is 16.8. The molecule has 2 N–H and O–H groups in total. The number of anilines is 1. The Balaban J connectivity index is 1.50. The highest BCUT2D eigenvalue weighted by molar-refractivity contribution is 7.11. The van der Waals surface area contributed by atoms with Crippen molar-refractivity contribution in [3.8, 4) is 0 Å². The molecular formula is C18H16ClN3OS. The number of thiazole rings is 1. The van der Waals surface area contributed by atoms with E-state index >= 15 is 0 Å². The Labute approximate surface area is 149 Å². The fourth-order valence-corrected chi connectivity index (χ4v) is 3.20. The molecule has 0 bridgehead atoms. The van der Waals surface area contributed by atoms with Crippen LogP contribution in [0.4, 0.5) is 10.5 Å². The smallest absolute Gasteiger partial charge is 0.319 e. The summed E-state index contributed by atoms with van der Waals surface area (Å²) in [6.07, 6.45) is 2.72. The SMILES string of the molecule is O=C(NCc1ncc(Cc2ccccc2)s1)Nc1ccc(Cl)cc1. The van der Waals surface area contributed by atoms with Crippen molar-refractivity contribution in [1.82, 2.24) is 10.3 Å². The highest BCUT2D eigenvalue weighted by atomic mass is 35.5. The highest BCUT2D eigenvalue weighted by Crippen LogP contribution is 2.17. The molecule has 2 amide bonds. The minimum atomic E-state index is -0.267. The second kappa shape index (κ2) is 7.95. The number of halogens is 1. The average molecular weight is 358 g/mol. The van der Waals surface area contributed by atoms with Gasteiger partial charge in [-0.3, -0.25) is 0 Å². The van der Waals surface area contributed by atoms with E-state index in [2.05, 4.69) is 27.8 Å². The van der Waals surface area contributed by atoms with Gasteiger partial charge >= 0.3 is 6.03 Å². The van der Waals surface area contributed by atoms with E-state index in [1.165, 1.54) is 10.4 Å². The van der Waals surface area contributed by atoms with E-state index in [-0.39, 0.29) is 6.03 Å². The summed E-state index contributed by atoms with van der Waals surface area (Å²) < 4.78 is 0. The summed E-state index contributed by atoms with van der Waals surface area (Å²) >= 11 is 7.42. The van der Waals surface area contributed by atoms with E-state index in [4.69, 9.17) is 11.6 Å². The normalized spacial score (nSPS) is 10.4. The Bertz CT molecular complexity index is 803. The molecule has 0 aliphatic carbocycles. The standard InChI is InChI=1S/C18H16ClN3OS/c19-14-6-8-15(9-7-14)22-18(23)21-12-17-20-11-16(24-17)10-13-4-2-1-3-5-13/h1-9,11H,10,12H2,(H2,21,22,23). The van der Waals surface area contributed by atoms with Gasteiger partial charge in [0.1, 0.15) is 5.01 Å². The predicted molar refractivity (Wildman–Crippen MR) is 98.7 cm³/mol. The van der Waals surface area contributed by atoms with E-state index in [0.717, 1.165) is 11.4 Å². The first-order valence-corrected chi connectivity index (χ1v) is 8.66. The number of benzene rings is 2. The quantitative estimate of drug-likeness (QED) is 0.694. The highest BCUT2D eigenvalue weighted by Gasteiger charge is 2.06. The largest absolute Gasteiger partial charge is 0.331 e. The Morgan fingerprint density at radius 3 is 2.58 bits per heavy atom. The molecule has 0 spiro atoms. The van der Waals surface area contributed by atoms with Crippen LogP contribution in [0.25, 0.3) is 0 Å². The maximum atomic E-state index is 11.9. The van der Waals surface area contributed by atoms with Gasteiger partial charge in [0, 0.05) is 28.2 Å². The molecule has 0 saturated carbocycles. The van der Waals surface area contributed by atoms with Crippen LogP contribution in [0, 0.1) is 0 Å². The number of urea groups is 1. The van der Waals surface area contributed by atoms with Crippen LogP contribution in [-0.2, 0) is 13.0 Å². The van der Waals surface area contributed by atoms with Crippen LogP contribution in [0.5, 0.6) is 0 Å². The van der Waals surface area contributed by atoms with Crippen LogP contribution >= 0.6 is 22.9 Å². The minimum Gasteiger partial charge on any atom is -0.331 e. The molecule has 0 unspecified atom stereocenters. The van der Waals surface area contributed by atoms with Crippen LogP contribution in [0.15, 0.2) is 60.8 Å². The fourth-order valence-electron chi connectivity index (χ4n) is 2.17. The first-order valence-electron chi connectivity index (χ1n) is 7.47. The molecule has 122 valence electrons. The van der Waals surface area contributed by atoms with E-state index in [9.17, 15) is 4.79 Å². The van der Waals surface area contributed by atoms with Crippen molar-refractivity contribution >= 4 is 34.7 Å². The summed E-state index contributed by atoms with van der Waals surface area (Å²) in [7, 11) is 0. The Morgan fingerprint density at radius 1 is 1.08 bits per heavy atom. The average Bonchev–Trinajstić information content (AvgIpc) is 3.03. The number of carbonyl (C=O) groups is 1. The van der Waals surface area contributed by atoms with Gasteiger partial charge in [-0.2, -0.15) is 0 Å². The van der Waals surface area contributed by atoms with Gasteiger partial charge in [0.15, 0.2) is 0 Å². The molecular weight excluding hydrogens is 342 g/mol. The molecule has 1 aromatic heterocycles. The lowest BCUT2D eigenvalue weighted by molar-refractivity contribution is 0.251. The van der Waals surface area contributed by atoms with Gasteiger partial charge in [-0.15, -0.1) is 11.3 Å². The van der Waals surface area contributed by atoms with Gasteiger partial charge in [-0.1, -0.05) is 41.9 Å². The summed E-state index contributed by atoms with van der Waals surface area (Å²) in [6.45, 7) is 0.402.